The average Bonchev–Trinajstić information content (AvgIpc) is 2.74. The van der Waals surface area contributed by atoms with Crippen LogP contribution in [0.5, 0.6) is 11.5 Å². The second-order valence-corrected chi connectivity index (χ2v) is 6.57. The minimum Gasteiger partial charge on any atom is -0.493 e. The molecule has 6 nitrogen and oxygen atoms in total. The number of hydrogen-bond acceptors (Lipinski definition) is 4. The molecule has 3 rings (SSSR count). The molecule has 144 valence electrons. The molecule has 0 aromatic heterocycles. The van der Waals surface area contributed by atoms with Gasteiger partial charge < -0.3 is 24.4 Å². The fourth-order valence-electron chi connectivity index (χ4n) is 3.31. The summed E-state index contributed by atoms with van der Waals surface area (Å²) in [4.78, 5) is 14.3. The van der Waals surface area contributed by atoms with Crippen LogP contribution in [-0.4, -0.2) is 53.0 Å². The molecule has 0 bridgehead atoms. The van der Waals surface area contributed by atoms with Crippen LogP contribution in [0.25, 0.3) is 0 Å². The van der Waals surface area contributed by atoms with Crippen LogP contribution < -0.4 is 19.7 Å². The summed E-state index contributed by atoms with van der Waals surface area (Å²) in [5.74, 6) is 1.02. The Kier molecular flexibility index (Phi) is 6.68. The molecule has 1 atom stereocenters. The lowest BCUT2D eigenvalue weighted by atomic mass is 10.0. The van der Waals surface area contributed by atoms with Crippen molar-refractivity contribution < 1.29 is 23.9 Å². The first-order valence-electron chi connectivity index (χ1n) is 9.20. The fourth-order valence-corrected chi connectivity index (χ4v) is 3.31. The highest BCUT2D eigenvalue weighted by Crippen LogP contribution is 2.27. The first-order chi connectivity index (χ1) is 13.2. The number of carbonyl (C=O) groups excluding carboxylic acids is 1. The van der Waals surface area contributed by atoms with E-state index < -0.39 is 0 Å². The maximum atomic E-state index is 12.9. The molecule has 2 aromatic carbocycles. The normalized spacial score (nSPS) is 15.8. The van der Waals surface area contributed by atoms with Crippen LogP contribution in [0, 0.1) is 0 Å². The summed E-state index contributed by atoms with van der Waals surface area (Å²) in [5, 5.41) is 3.19. The molecular formula is C21H27N2O4+. The summed E-state index contributed by atoms with van der Waals surface area (Å²) >= 11 is 0. The smallest absolute Gasteiger partial charge is 0.252 e. The minimum absolute atomic E-state index is 0.0695. The Balaban J connectivity index is 1.77. The van der Waals surface area contributed by atoms with Gasteiger partial charge in [0.1, 0.15) is 25.7 Å². The van der Waals surface area contributed by atoms with E-state index in [-0.39, 0.29) is 11.9 Å². The molecule has 1 aliphatic rings. The Hall–Kier alpha value is -2.57. The molecule has 0 aliphatic carbocycles. The van der Waals surface area contributed by atoms with Gasteiger partial charge in [-0.25, -0.2) is 0 Å². The number of benzene rings is 2. The Labute approximate surface area is 160 Å². The van der Waals surface area contributed by atoms with Gasteiger partial charge in [0.15, 0.2) is 11.5 Å². The largest absolute Gasteiger partial charge is 0.493 e. The Bertz CT molecular complexity index is 745. The lowest BCUT2D eigenvalue weighted by Crippen LogP contribution is -3.14. The number of morpholine rings is 1. The summed E-state index contributed by atoms with van der Waals surface area (Å²) in [7, 11) is 3.14. The van der Waals surface area contributed by atoms with Crippen molar-refractivity contribution in [2.24, 2.45) is 0 Å². The van der Waals surface area contributed by atoms with Crippen molar-refractivity contribution in [3.05, 3.63) is 59.7 Å². The Morgan fingerprint density at radius 2 is 1.78 bits per heavy atom. The molecule has 1 aliphatic heterocycles. The van der Waals surface area contributed by atoms with Crippen molar-refractivity contribution in [2.45, 2.75) is 6.04 Å². The molecule has 0 saturated carbocycles. The third-order valence-corrected chi connectivity index (χ3v) is 4.85. The molecule has 2 N–H and O–H groups in total. The second-order valence-electron chi connectivity index (χ2n) is 6.57. The molecule has 0 unspecified atom stereocenters. The van der Waals surface area contributed by atoms with Gasteiger partial charge in [0, 0.05) is 5.56 Å². The first kappa shape index (κ1) is 19.2. The number of hydrogen-bond donors (Lipinski definition) is 2. The molecule has 27 heavy (non-hydrogen) atoms. The zero-order valence-electron chi connectivity index (χ0n) is 15.9. The zero-order valence-corrected chi connectivity index (χ0v) is 15.9. The van der Waals surface area contributed by atoms with Gasteiger partial charge in [0.25, 0.3) is 5.91 Å². The van der Waals surface area contributed by atoms with E-state index in [9.17, 15) is 4.79 Å². The number of nitrogens with one attached hydrogen (secondary N) is 2. The number of rotatable bonds is 7. The molecule has 1 amide bonds. The van der Waals surface area contributed by atoms with Crippen molar-refractivity contribution in [1.29, 1.82) is 0 Å². The van der Waals surface area contributed by atoms with Crippen LogP contribution in [0.15, 0.2) is 48.5 Å². The second kappa shape index (κ2) is 9.39. The van der Waals surface area contributed by atoms with Gasteiger partial charge in [-0.2, -0.15) is 0 Å². The standard InChI is InChI=1S/C21H26N2O4/c1-25-19-9-8-17(14-20(19)26-2)21(24)22-18(16-6-4-3-5-7-16)15-23-10-12-27-13-11-23/h3-9,14,18H,10-13,15H2,1-2H3,(H,22,24)/p+1/t18-/m0/s1. The van der Waals surface area contributed by atoms with E-state index in [1.54, 1.807) is 32.4 Å². The number of carbonyl (C=O) groups is 1. The van der Waals surface area contributed by atoms with E-state index in [2.05, 4.69) is 17.4 Å². The number of quaternary nitrogens is 1. The molecule has 1 heterocycles. The zero-order chi connectivity index (χ0) is 19.1. The van der Waals surface area contributed by atoms with Gasteiger partial charge in [0.05, 0.1) is 27.4 Å². The average molecular weight is 371 g/mol. The van der Waals surface area contributed by atoms with Crippen molar-refractivity contribution >= 4 is 5.91 Å². The van der Waals surface area contributed by atoms with Gasteiger partial charge in [-0.05, 0) is 23.8 Å². The summed E-state index contributed by atoms with van der Waals surface area (Å²) < 4.78 is 16.0. The van der Waals surface area contributed by atoms with E-state index >= 15 is 0 Å². The highest BCUT2D eigenvalue weighted by molar-refractivity contribution is 5.95. The molecule has 1 saturated heterocycles. The first-order valence-corrected chi connectivity index (χ1v) is 9.20. The van der Waals surface area contributed by atoms with Crippen molar-refractivity contribution in [2.75, 3.05) is 47.1 Å². The monoisotopic (exact) mass is 371 g/mol. The summed E-state index contributed by atoms with van der Waals surface area (Å²) in [6.45, 7) is 4.26. The number of methoxy groups -OCH3 is 2. The predicted octanol–water partition coefficient (Wildman–Crippen LogP) is 1.09. The SMILES string of the molecule is COc1ccc(C(=O)N[C@@H](C[NH+]2CCOCC2)c2ccccc2)cc1OC. The third-order valence-electron chi connectivity index (χ3n) is 4.85. The van der Waals surface area contributed by atoms with E-state index in [0.717, 1.165) is 38.4 Å². The Morgan fingerprint density at radius 3 is 2.44 bits per heavy atom. The van der Waals surface area contributed by atoms with Gasteiger partial charge in [0.2, 0.25) is 0 Å². The van der Waals surface area contributed by atoms with Crippen molar-refractivity contribution in [1.82, 2.24) is 5.32 Å². The maximum Gasteiger partial charge on any atom is 0.252 e. The summed E-state index contributed by atoms with van der Waals surface area (Å²) in [6, 6.07) is 15.2. The highest BCUT2D eigenvalue weighted by Gasteiger charge is 2.23. The fraction of sp³-hybridized carbons (Fsp3) is 0.381. The van der Waals surface area contributed by atoms with E-state index in [0.29, 0.717) is 17.1 Å². The summed E-state index contributed by atoms with van der Waals surface area (Å²) in [6.07, 6.45) is 0. The number of ether oxygens (including phenoxy) is 3. The van der Waals surface area contributed by atoms with Crippen molar-refractivity contribution in [3.63, 3.8) is 0 Å². The summed E-state index contributed by atoms with van der Waals surface area (Å²) in [5.41, 5.74) is 1.65. The molecular weight excluding hydrogens is 344 g/mol. The molecule has 2 aromatic rings. The van der Waals surface area contributed by atoms with Crippen LogP contribution in [0.1, 0.15) is 22.0 Å². The van der Waals surface area contributed by atoms with Crippen molar-refractivity contribution in [3.8, 4) is 11.5 Å². The van der Waals surface area contributed by atoms with E-state index in [1.165, 1.54) is 4.90 Å². The molecule has 0 spiro atoms. The quantitative estimate of drug-likeness (QED) is 0.765. The maximum absolute atomic E-state index is 12.9. The van der Waals surface area contributed by atoms with E-state index in [1.807, 2.05) is 18.2 Å². The predicted molar refractivity (Wildman–Crippen MR) is 103 cm³/mol. The molecule has 6 heteroatoms. The lowest BCUT2D eigenvalue weighted by molar-refractivity contribution is -0.909. The highest BCUT2D eigenvalue weighted by atomic mass is 16.5. The topological polar surface area (TPSA) is 61.2 Å². The van der Waals surface area contributed by atoms with E-state index in [4.69, 9.17) is 14.2 Å². The van der Waals surface area contributed by atoms with Crippen LogP contribution in [0.3, 0.4) is 0 Å². The van der Waals surface area contributed by atoms with Gasteiger partial charge in [-0.15, -0.1) is 0 Å². The van der Waals surface area contributed by atoms with Crippen LogP contribution >= 0.6 is 0 Å². The number of amides is 1. The van der Waals surface area contributed by atoms with Crippen LogP contribution in [0.4, 0.5) is 0 Å². The van der Waals surface area contributed by atoms with Gasteiger partial charge >= 0.3 is 0 Å². The molecule has 0 radical (unpaired) electrons. The van der Waals surface area contributed by atoms with Crippen LogP contribution in [-0.2, 0) is 4.74 Å². The lowest BCUT2D eigenvalue weighted by Gasteiger charge is -2.28. The van der Waals surface area contributed by atoms with Crippen LogP contribution in [0.2, 0.25) is 0 Å². The Morgan fingerprint density at radius 1 is 1.07 bits per heavy atom. The van der Waals surface area contributed by atoms with Gasteiger partial charge in [-0.3, -0.25) is 4.79 Å². The van der Waals surface area contributed by atoms with Gasteiger partial charge in [-0.1, -0.05) is 30.3 Å². The minimum atomic E-state index is -0.127. The third kappa shape index (κ3) is 4.99. The molecule has 1 fully saturated rings.